The second-order valence-corrected chi connectivity index (χ2v) is 5.56. The van der Waals surface area contributed by atoms with E-state index >= 15 is 0 Å². The van der Waals surface area contributed by atoms with Crippen LogP contribution in [0.1, 0.15) is 18.4 Å². The minimum Gasteiger partial charge on any atom is -0.472 e. The van der Waals surface area contributed by atoms with Crippen LogP contribution < -0.4 is 4.90 Å². The van der Waals surface area contributed by atoms with Crippen LogP contribution in [0.3, 0.4) is 0 Å². The molecular weight excluding hydrogens is 252 g/mol. The topological polar surface area (TPSA) is 45.4 Å². The standard InChI is InChI=1S/C15H18N4O/c1-5-16-15(17-6-1)19-8-3-13-14(19)2-7-18(13)10-12-4-9-20-11-12/h1,4-6,9,11,13-14H,2-3,7-8,10H2/t13-,14+/m0/s1. The summed E-state index contributed by atoms with van der Waals surface area (Å²) in [4.78, 5) is 13.7. The molecular formula is C15H18N4O. The molecule has 2 aliphatic rings. The van der Waals surface area contributed by atoms with Crippen LogP contribution in [-0.2, 0) is 6.54 Å². The first kappa shape index (κ1) is 11.9. The van der Waals surface area contributed by atoms with Gasteiger partial charge in [0.2, 0.25) is 5.95 Å². The van der Waals surface area contributed by atoms with Crippen molar-refractivity contribution >= 4 is 5.95 Å². The van der Waals surface area contributed by atoms with Gasteiger partial charge in [-0.05, 0) is 25.0 Å². The summed E-state index contributed by atoms with van der Waals surface area (Å²) in [5.41, 5.74) is 1.26. The van der Waals surface area contributed by atoms with Crippen LogP contribution in [0.15, 0.2) is 41.5 Å². The molecule has 2 aliphatic heterocycles. The highest BCUT2D eigenvalue weighted by molar-refractivity contribution is 5.35. The molecule has 2 atom stereocenters. The number of fused-ring (bicyclic) bond motifs is 1. The summed E-state index contributed by atoms with van der Waals surface area (Å²) in [6.07, 6.45) is 9.64. The maximum atomic E-state index is 5.17. The zero-order valence-electron chi connectivity index (χ0n) is 11.4. The fourth-order valence-electron chi connectivity index (χ4n) is 3.58. The quantitative estimate of drug-likeness (QED) is 0.852. The van der Waals surface area contributed by atoms with Crippen LogP contribution in [0.25, 0.3) is 0 Å². The zero-order valence-corrected chi connectivity index (χ0v) is 11.4. The average Bonchev–Trinajstić information content (AvgIpc) is 3.19. The Morgan fingerprint density at radius 2 is 2.00 bits per heavy atom. The largest absolute Gasteiger partial charge is 0.472 e. The predicted octanol–water partition coefficient (Wildman–Crippen LogP) is 1.92. The Balaban J connectivity index is 1.50. The minimum absolute atomic E-state index is 0.560. The number of nitrogens with zero attached hydrogens (tertiary/aromatic N) is 4. The van der Waals surface area contributed by atoms with Crippen LogP contribution in [0.5, 0.6) is 0 Å². The van der Waals surface area contributed by atoms with Gasteiger partial charge in [-0.15, -0.1) is 0 Å². The molecule has 5 heteroatoms. The predicted molar refractivity (Wildman–Crippen MR) is 75.3 cm³/mol. The van der Waals surface area contributed by atoms with Crippen LogP contribution >= 0.6 is 0 Å². The lowest BCUT2D eigenvalue weighted by Gasteiger charge is -2.25. The second-order valence-electron chi connectivity index (χ2n) is 5.56. The van der Waals surface area contributed by atoms with Crippen molar-refractivity contribution in [1.82, 2.24) is 14.9 Å². The molecule has 2 aromatic rings. The summed E-state index contributed by atoms with van der Waals surface area (Å²) in [5.74, 6) is 0.880. The van der Waals surface area contributed by atoms with E-state index < -0.39 is 0 Å². The van der Waals surface area contributed by atoms with Crippen molar-refractivity contribution < 1.29 is 4.42 Å². The number of hydrogen-bond acceptors (Lipinski definition) is 5. The number of furan rings is 1. The molecule has 2 saturated heterocycles. The van der Waals surface area contributed by atoms with Crippen molar-refractivity contribution in [3.8, 4) is 0 Å². The van der Waals surface area contributed by atoms with E-state index in [2.05, 4.69) is 25.8 Å². The van der Waals surface area contributed by atoms with Crippen LogP contribution in [0.4, 0.5) is 5.95 Å². The highest BCUT2D eigenvalue weighted by Gasteiger charge is 2.43. The molecule has 4 heterocycles. The zero-order chi connectivity index (χ0) is 13.4. The van der Waals surface area contributed by atoms with E-state index in [4.69, 9.17) is 4.42 Å². The van der Waals surface area contributed by atoms with Crippen molar-refractivity contribution in [3.63, 3.8) is 0 Å². The molecule has 2 fully saturated rings. The molecule has 20 heavy (non-hydrogen) atoms. The second kappa shape index (κ2) is 4.90. The summed E-state index contributed by atoms with van der Waals surface area (Å²) in [7, 11) is 0. The lowest BCUT2D eigenvalue weighted by Crippen LogP contribution is -2.36. The van der Waals surface area contributed by atoms with Gasteiger partial charge < -0.3 is 9.32 Å². The Kier molecular flexibility index (Phi) is 2.92. The first-order chi connectivity index (χ1) is 9.92. The number of aromatic nitrogens is 2. The van der Waals surface area contributed by atoms with Gasteiger partial charge >= 0.3 is 0 Å². The first-order valence-electron chi connectivity index (χ1n) is 7.20. The lowest BCUT2D eigenvalue weighted by molar-refractivity contribution is 0.245. The molecule has 0 aliphatic carbocycles. The van der Waals surface area contributed by atoms with Crippen molar-refractivity contribution in [2.24, 2.45) is 0 Å². The SMILES string of the molecule is c1cnc(N2CC[C@H]3[C@H]2CCN3Cc2ccoc2)nc1. The monoisotopic (exact) mass is 270 g/mol. The van der Waals surface area contributed by atoms with Gasteiger partial charge in [-0.2, -0.15) is 0 Å². The van der Waals surface area contributed by atoms with Gasteiger partial charge in [-0.3, -0.25) is 4.90 Å². The van der Waals surface area contributed by atoms with Gasteiger partial charge in [0.25, 0.3) is 0 Å². The fraction of sp³-hybridized carbons (Fsp3) is 0.467. The van der Waals surface area contributed by atoms with Crippen molar-refractivity contribution in [2.75, 3.05) is 18.0 Å². The molecule has 0 bridgehead atoms. The highest BCUT2D eigenvalue weighted by atomic mass is 16.3. The van der Waals surface area contributed by atoms with E-state index in [-0.39, 0.29) is 0 Å². The molecule has 5 nitrogen and oxygen atoms in total. The molecule has 0 amide bonds. The van der Waals surface area contributed by atoms with E-state index in [1.807, 2.05) is 24.7 Å². The third-order valence-corrected chi connectivity index (χ3v) is 4.47. The summed E-state index contributed by atoms with van der Waals surface area (Å²) in [5, 5.41) is 0. The number of hydrogen-bond donors (Lipinski definition) is 0. The van der Waals surface area contributed by atoms with Gasteiger partial charge in [0, 0.05) is 49.7 Å². The van der Waals surface area contributed by atoms with E-state index in [9.17, 15) is 0 Å². The Hall–Kier alpha value is -1.88. The Morgan fingerprint density at radius 3 is 2.80 bits per heavy atom. The number of likely N-dealkylation sites (tertiary alicyclic amines) is 1. The van der Waals surface area contributed by atoms with Gasteiger partial charge in [-0.1, -0.05) is 0 Å². The van der Waals surface area contributed by atoms with Crippen LogP contribution in [0, 0.1) is 0 Å². The summed E-state index contributed by atoms with van der Waals surface area (Å²) in [6, 6.07) is 5.11. The summed E-state index contributed by atoms with van der Waals surface area (Å²) < 4.78 is 5.17. The molecule has 0 saturated carbocycles. The normalized spacial score (nSPS) is 26.1. The Labute approximate surface area is 118 Å². The Morgan fingerprint density at radius 1 is 1.15 bits per heavy atom. The minimum atomic E-state index is 0.560. The number of rotatable bonds is 3. The number of anilines is 1. The lowest BCUT2D eigenvalue weighted by atomic mass is 10.1. The fourth-order valence-corrected chi connectivity index (χ4v) is 3.58. The van der Waals surface area contributed by atoms with Crippen molar-refractivity contribution in [3.05, 3.63) is 42.6 Å². The maximum absolute atomic E-state index is 5.17. The Bertz CT molecular complexity index is 557. The molecule has 0 aromatic carbocycles. The first-order valence-corrected chi connectivity index (χ1v) is 7.20. The summed E-state index contributed by atoms with van der Waals surface area (Å²) in [6.45, 7) is 3.19. The van der Waals surface area contributed by atoms with Crippen molar-refractivity contribution in [2.45, 2.75) is 31.5 Å². The van der Waals surface area contributed by atoms with Gasteiger partial charge in [0.1, 0.15) is 0 Å². The average molecular weight is 270 g/mol. The molecule has 0 radical (unpaired) electrons. The van der Waals surface area contributed by atoms with E-state index in [1.54, 1.807) is 6.26 Å². The molecule has 2 aromatic heterocycles. The van der Waals surface area contributed by atoms with Gasteiger partial charge in [-0.25, -0.2) is 9.97 Å². The smallest absolute Gasteiger partial charge is 0.225 e. The molecule has 4 rings (SSSR count). The molecule has 104 valence electrons. The molecule has 0 unspecified atom stereocenters. The van der Waals surface area contributed by atoms with Crippen LogP contribution in [0.2, 0.25) is 0 Å². The third-order valence-electron chi connectivity index (χ3n) is 4.47. The molecule has 0 spiro atoms. The van der Waals surface area contributed by atoms with E-state index in [0.29, 0.717) is 12.1 Å². The molecule has 0 N–H and O–H groups in total. The highest BCUT2D eigenvalue weighted by Crippen LogP contribution is 2.34. The van der Waals surface area contributed by atoms with Crippen LogP contribution in [-0.4, -0.2) is 40.0 Å². The van der Waals surface area contributed by atoms with E-state index in [0.717, 1.165) is 25.6 Å². The third kappa shape index (κ3) is 1.98. The maximum Gasteiger partial charge on any atom is 0.225 e. The van der Waals surface area contributed by atoms with E-state index in [1.165, 1.54) is 18.4 Å². The van der Waals surface area contributed by atoms with Gasteiger partial charge in [0.15, 0.2) is 0 Å². The van der Waals surface area contributed by atoms with Gasteiger partial charge in [0.05, 0.1) is 12.5 Å². The summed E-state index contributed by atoms with van der Waals surface area (Å²) >= 11 is 0. The van der Waals surface area contributed by atoms with Crippen molar-refractivity contribution in [1.29, 1.82) is 0 Å².